The van der Waals surface area contributed by atoms with E-state index in [0.29, 0.717) is 13.0 Å². The van der Waals surface area contributed by atoms with Crippen molar-refractivity contribution >= 4 is 23.4 Å². The first-order valence-corrected chi connectivity index (χ1v) is 16.2. The predicted octanol–water partition coefficient (Wildman–Crippen LogP) is 3.59. The number of allylic oxidation sites excluding steroid dienone is 2. The van der Waals surface area contributed by atoms with Gasteiger partial charge in [0.05, 0.1) is 36.4 Å². The average molecular weight is 686 g/mol. The van der Waals surface area contributed by atoms with Gasteiger partial charge in [-0.1, -0.05) is 55.5 Å². The molecular weight excluding hydrogens is 630 g/mol. The van der Waals surface area contributed by atoms with Gasteiger partial charge in [-0.2, -0.15) is 13.5 Å². The third-order valence-corrected chi connectivity index (χ3v) is 7.48. The molecule has 260 valence electrons. The van der Waals surface area contributed by atoms with Crippen molar-refractivity contribution < 1.29 is 70.5 Å². The summed E-state index contributed by atoms with van der Waals surface area (Å²) in [5.74, 6) is 6.30. The van der Waals surface area contributed by atoms with Gasteiger partial charge in [0.1, 0.15) is 0 Å². The second kappa shape index (κ2) is 24.0. The van der Waals surface area contributed by atoms with Crippen LogP contribution in [0.2, 0.25) is 0 Å². The van der Waals surface area contributed by atoms with Crippen molar-refractivity contribution in [3.8, 4) is 11.8 Å². The molecule has 2 aliphatic rings. The van der Waals surface area contributed by atoms with Gasteiger partial charge in [0.2, 0.25) is 17.7 Å². The van der Waals surface area contributed by atoms with E-state index >= 15 is 0 Å². The standard InChI is InChI=1S/C36H49N4O4.CH4N.CH3.K/c1-6-37-23-14-8-7-9-19-32(41)39-35(2,3)27-44-36(4,5)25-33(42)38-24-22-34(43)40-26-30-17-11-10-15-28(30)20-21-29-16-12-13-18-31(29)40;1-2;;/h6,11-13,16-18,23,37H,1,7-10,14-15,19,22,24-27H2,2-5H3,(H,38,42)(H,39,41);2H,1H3;1H3;/q3*-1;+1. The van der Waals surface area contributed by atoms with Crippen LogP contribution in [-0.2, 0) is 19.1 Å². The molecule has 48 heavy (non-hydrogen) atoms. The van der Waals surface area contributed by atoms with Gasteiger partial charge >= 0.3 is 51.4 Å². The van der Waals surface area contributed by atoms with Crippen LogP contribution in [0.5, 0.6) is 0 Å². The van der Waals surface area contributed by atoms with Crippen molar-refractivity contribution in [2.75, 3.05) is 31.6 Å². The van der Waals surface area contributed by atoms with E-state index in [9.17, 15) is 14.4 Å². The van der Waals surface area contributed by atoms with E-state index in [0.717, 1.165) is 60.9 Å². The Labute approximate surface area is 332 Å². The maximum absolute atomic E-state index is 13.4. The molecule has 0 saturated carbocycles. The third kappa shape index (κ3) is 16.9. The predicted molar refractivity (Wildman–Crippen MR) is 193 cm³/mol. The van der Waals surface area contributed by atoms with Crippen LogP contribution in [0.1, 0.15) is 91.0 Å². The van der Waals surface area contributed by atoms with E-state index in [1.807, 2.05) is 58.5 Å². The summed E-state index contributed by atoms with van der Waals surface area (Å²) >= 11 is 0. The molecule has 0 aromatic heterocycles. The fourth-order valence-corrected chi connectivity index (χ4v) is 5.11. The number of rotatable bonds is 17. The monoisotopic (exact) mass is 685 g/mol. The number of unbranched alkanes of at least 4 members (excludes halogenated alkanes) is 3. The van der Waals surface area contributed by atoms with Gasteiger partial charge in [-0.15, -0.1) is 0 Å². The van der Waals surface area contributed by atoms with Crippen molar-refractivity contribution in [2.45, 2.75) is 96.6 Å². The number of fused-ring (bicyclic) bond motifs is 1. The second-order valence-electron chi connectivity index (χ2n) is 12.6. The Morgan fingerprint density at radius 1 is 1.06 bits per heavy atom. The molecule has 0 fully saturated rings. The minimum Gasteiger partial charge on any atom is -0.680 e. The minimum absolute atomic E-state index is 0. The summed E-state index contributed by atoms with van der Waals surface area (Å²) in [4.78, 5) is 40.5. The van der Waals surface area contributed by atoms with Crippen molar-refractivity contribution in [3.05, 3.63) is 85.6 Å². The van der Waals surface area contributed by atoms with Crippen LogP contribution in [0.25, 0.3) is 5.73 Å². The number of anilines is 1. The van der Waals surface area contributed by atoms with Gasteiger partial charge in [-0.3, -0.25) is 14.4 Å². The van der Waals surface area contributed by atoms with Crippen LogP contribution in [-0.4, -0.2) is 55.6 Å². The number of hydrogen-bond donors (Lipinski definition) is 3. The summed E-state index contributed by atoms with van der Waals surface area (Å²) in [5.41, 5.74) is 8.20. The molecule has 1 heterocycles. The Morgan fingerprint density at radius 2 is 1.79 bits per heavy atom. The van der Waals surface area contributed by atoms with Gasteiger partial charge in [0.15, 0.2) is 0 Å². The van der Waals surface area contributed by atoms with E-state index in [4.69, 9.17) is 10.5 Å². The minimum atomic E-state index is -0.747. The van der Waals surface area contributed by atoms with E-state index in [1.54, 1.807) is 11.1 Å². The quantitative estimate of drug-likeness (QED) is 0.100. The van der Waals surface area contributed by atoms with Crippen LogP contribution in [0.15, 0.2) is 60.3 Å². The topological polar surface area (TPSA) is 124 Å². The molecule has 0 bridgehead atoms. The smallest absolute Gasteiger partial charge is 0.680 e. The number of ether oxygens (including phenoxy) is 1. The molecule has 3 amide bonds. The van der Waals surface area contributed by atoms with Crippen molar-refractivity contribution in [1.29, 1.82) is 0 Å². The van der Waals surface area contributed by atoms with E-state index in [-0.39, 0.29) is 103 Å². The number of benzene rings is 1. The molecule has 0 spiro atoms. The summed E-state index contributed by atoms with van der Waals surface area (Å²) in [5, 5.41) is 8.89. The number of nitrogens with one attached hydrogen (secondary N) is 4. The normalized spacial score (nSPS) is 13.2. The SMILES string of the molecule is C=CN[CH-]CCCCCC(=O)NC(C)(C)COC(C)(C)CC(=O)NCCC(=O)N1CC2=C(C#Cc3ccccc31)CCC=C2.C[NH-].[CH3-].[K+]. The first-order chi connectivity index (χ1) is 22.0. The van der Waals surface area contributed by atoms with Crippen molar-refractivity contribution in [3.63, 3.8) is 0 Å². The number of nitrogens with zero attached hydrogens (tertiary/aromatic N) is 1. The molecule has 1 aliphatic carbocycles. The third-order valence-electron chi connectivity index (χ3n) is 7.48. The van der Waals surface area contributed by atoms with Crippen LogP contribution >= 0.6 is 0 Å². The van der Waals surface area contributed by atoms with Crippen molar-refractivity contribution in [2.24, 2.45) is 0 Å². The number of para-hydroxylation sites is 1. The summed E-state index contributed by atoms with van der Waals surface area (Å²) in [6, 6.07) is 7.70. The summed E-state index contributed by atoms with van der Waals surface area (Å²) < 4.78 is 6.09. The molecule has 0 radical (unpaired) electrons. The Balaban J connectivity index is 0.00000542. The maximum atomic E-state index is 13.4. The Bertz CT molecular complexity index is 1310. The van der Waals surface area contributed by atoms with Gasteiger partial charge < -0.3 is 38.7 Å². The summed E-state index contributed by atoms with van der Waals surface area (Å²) in [6.45, 7) is 14.1. The zero-order chi connectivity index (χ0) is 34.0. The second-order valence-corrected chi connectivity index (χ2v) is 12.6. The molecule has 4 N–H and O–H groups in total. The molecule has 3 rings (SSSR count). The molecule has 0 unspecified atom stereocenters. The van der Waals surface area contributed by atoms with Crippen LogP contribution < -0.4 is 72.2 Å². The van der Waals surface area contributed by atoms with E-state index in [2.05, 4.69) is 46.5 Å². The molecule has 1 aromatic rings. The van der Waals surface area contributed by atoms with Crippen molar-refractivity contribution in [1.82, 2.24) is 16.0 Å². The van der Waals surface area contributed by atoms with E-state index < -0.39 is 11.1 Å². The number of hydrogen-bond acceptors (Lipinski definition) is 5. The molecule has 1 aromatic carbocycles. The zero-order valence-corrected chi connectivity index (χ0v) is 33.5. The molecular formula is C38H56KN5O4-2. The van der Waals surface area contributed by atoms with Gasteiger partial charge in [0.25, 0.3) is 0 Å². The molecule has 0 saturated heterocycles. The number of carbonyl (C=O) groups is 3. The van der Waals surface area contributed by atoms with Crippen LogP contribution in [0.4, 0.5) is 5.69 Å². The van der Waals surface area contributed by atoms with E-state index in [1.165, 1.54) is 7.05 Å². The fourth-order valence-electron chi connectivity index (χ4n) is 5.11. The number of carbonyl (C=O) groups excluding carboxylic acids is 3. The first kappa shape index (κ1) is 45.8. The largest absolute Gasteiger partial charge is 1.00 e. The van der Waals surface area contributed by atoms with Crippen LogP contribution in [0.3, 0.4) is 0 Å². The Hall–Kier alpha value is -2.23. The van der Waals surface area contributed by atoms with Crippen LogP contribution in [0, 0.1) is 25.8 Å². The maximum Gasteiger partial charge on any atom is 1.00 e. The average Bonchev–Trinajstić information content (AvgIpc) is 3.01. The molecule has 10 heteroatoms. The van der Waals surface area contributed by atoms with Gasteiger partial charge in [0, 0.05) is 30.5 Å². The zero-order valence-electron chi connectivity index (χ0n) is 30.4. The molecule has 1 aliphatic heterocycles. The fraction of sp³-hybridized carbons (Fsp3) is 0.500. The van der Waals surface area contributed by atoms with Gasteiger partial charge in [-0.25, -0.2) is 6.54 Å². The summed E-state index contributed by atoms with van der Waals surface area (Å²) in [7, 11) is 1.25. The number of amides is 3. The summed E-state index contributed by atoms with van der Waals surface area (Å²) in [6.07, 6.45) is 12.2. The Morgan fingerprint density at radius 3 is 2.52 bits per heavy atom. The molecule has 0 atom stereocenters. The molecule has 9 nitrogen and oxygen atoms in total. The first-order valence-electron chi connectivity index (χ1n) is 16.2. The van der Waals surface area contributed by atoms with Gasteiger partial charge in [-0.05, 0) is 70.9 Å². The Kier molecular flexibility index (Phi) is 22.9.